The first-order valence-electron chi connectivity index (χ1n) is 18.5. The number of aryl methyl sites for hydroxylation is 8. The van der Waals surface area contributed by atoms with Crippen LogP contribution in [0.4, 0.5) is 0 Å². The number of rotatable bonds is 10. The summed E-state index contributed by atoms with van der Waals surface area (Å²) in [5.41, 5.74) is 18.2. The van der Waals surface area contributed by atoms with Crippen molar-refractivity contribution in [2.45, 2.75) is 95.3 Å². The summed E-state index contributed by atoms with van der Waals surface area (Å²) >= 11 is 0. The van der Waals surface area contributed by atoms with Crippen LogP contribution >= 0.6 is 0 Å². The average molecular weight is 737 g/mol. The van der Waals surface area contributed by atoms with Crippen LogP contribution in [0, 0.1) is 62.3 Å². The third kappa shape index (κ3) is 20.4. The number of hydrogen-bond donors (Lipinski definition) is 0. The molecule has 0 radical (unpaired) electrons. The lowest BCUT2D eigenvalue weighted by atomic mass is 10.0. The SMILES string of the molecule is COCc1cc(C)c(C)c(C)c1.COCc1cc(C)cc(C)c1.COCc1ccc(C)c(C)c1.COCc1ccc(C)cc1.COCc1cccc(C)c1. The number of hydrogen-bond acceptors (Lipinski definition) is 5. The van der Waals surface area contributed by atoms with Gasteiger partial charge in [0, 0.05) is 35.5 Å². The summed E-state index contributed by atoms with van der Waals surface area (Å²) in [4.78, 5) is 0. The standard InChI is InChI=1S/C11H16O.2C10H14O.2C9H12O/c1-8-5-11(7-12-4)6-9(2)10(8)3;1-8-4-9(2)6-10(5-8)7-11-3;1-8-4-5-10(7-11-3)6-9(8)2;1-8-3-5-9(6-4-8)7-10-2;1-8-4-3-5-9(6-8)7-10-2/h5-6H,7H2,1-4H3;2*4-6H,7H2,1-3H3;2*3-6H,7H2,1-2H3. The molecule has 0 spiro atoms. The molecule has 294 valence electrons. The minimum absolute atomic E-state index is 0.709. The van der Waals surface area contributed by atoms with Crippen molar-refractivity contribution < 1.29 is 23.7 Å². The van der Waals surface area contributed by atoms with E-state index in [1.807, 2.05) is 6.07 Å². The Bertz CT molecular complexity index is 1710. The second-order valence-corrected chi connectivity index (χ2v) is 13.9. The zero-order chi connectivity index (χ0) is 40.5. The summed E-state index contributed by atoms with van der Waals surface area (Å²) in [5.74, 6) is 0. The molecule has 5 nitrogen and oxygen atoms in total. The van der Waals surface area contributed by atoms with Gasteiger partial charge in [-0.15, -0.1) is 0 Å². The quantitative estimate of drug-likeness (QED) is 0.143. The van der Waals surface area contributed by atoms with Crippen LogP contribution in [0.25, 0.3) is 0 Å². The minimum Gasteiger partial charge on any atom is -0.380 e. The number of methoxy groups -OCH3 is 5. The molecule has 0 saturated heterocycles. The van der Waals surface area contributed by atoms with E-state index in [9.17, 15) is 0 Å². The Morgan fingerprint density at radius 1 is 0.296 bits per heavy atom. The Kier molecular flexibility index (Phi) is 24.4. The predicted octanol–water partition coefficient (Wildman–Crippen LogP) is 11.9. The van der Waals surface area contributed by atoms with Gasteiger partial charge < -0.3 is 23.7 Å². The van der Waals surface area contributed by atoms with Crippen LogP contribution in [0.5, 0.6) is 0 Å². The molecule has 0 saturated carbocycles. The van der Waals surface area contributed by atoms with Gasteiger partial charge in [0.15, 0.2) is 0 Å². The van der Waals surface area contributed by atoms with Crippen molar-refractivity contribution in [1.82, 2.24) is 0 Å². The molecule has 54 heavy (non-hydrogen) atoms. The van der Waals surface area contributed by atoms with Gasteiger partial charge in [-0.3, -0.25) is 0 Å². The highest BCUT2D eigenvalue weighted by atomic mass is 16.5. The molecule has 0 aromatic heterocycles. The smallest absolute Gasteiger partial charge is 0.0713 e. The third-order valence-corrected chi connectivity index (χ3v) is 8.60. The van der Waals surface area contributed by atoms with Crippen molar-refractivity contribution in [3.8, 4) is 0 Å². The lowest BCUT2D eigenvalue weighted by Gasteiger charge is -2.07. The minimum atomic E-state index is 0.709. The normalized spacial score (nSPS) is 10.0. The van der Waals surface area contributed by atoms with Crippen molar-refractivity contribution in [1.29, 1.82) is 0 Å². The Morgan fingerprint density at radius 2 is 0.685 bits per heavy atom. The second kappa shape index (κ2) is 27.5. The highest BCUT2D eigenvalue weighted by Crippen LogP contribution is 2.16. The number of ether oxygens (including phenoxy) is 5. The molecule has 0 aliphatic carbocycles. The first kappa shape index (κ1) is 47.9. The molecule has 0 bridgehead atoms. The van der Waals surface area contributed by atoms with Crippen LogP contribution in [0.1, 0.15) is 77.9 Å². The summed E-state index contributed by atoms with van der Waals surface area (Å²) < 4.78 is 25.1. The van der Waals surface area contributed by atoms with Crippen molar-refractivity contribution in [2.75, 3.05) is 35.5 Å². The first-order valence-corrected chi connectivity index (χ1v) is 18.5. The van der Waals surface area contributed by atoms with E-state index in [2.05, 4.69) is 153 Å². The van der Waals surface area contributed by atoms with Gasteiger partial charge in [-0.2, -0.15) is 0 Å². The first-order chi connectivity index (χ1) is 25.8. The van der Waals surface area contributed by atoms with Gasteiger partial charge in [-0.1, -0.05) is 119 Å². The molecule has 5 heteroatoms. The molecule has 0 N–H and O–H groups in total. The molecular formula is C49H68O5. The monoisotopic (exact) mass is 737 g/mol. The van der Waals surface area contributed by atoms with Crippen LogP contribution in [0.3, 0.4) is 0 Å². The van der Waals surface area contributed by atoms with Crippen LogP contribution in [0.2, 0.25) is 0 Å². The topological polar surface area (TPSA) is 46.2 Å². The molecular weight excluding hydrogens is 669 g/mol. The van der Waals surface area contributed by atoms with Gasteiger partial charge in [0.05, 0.1) is 33.0 Å². The van der Waals surface area contributed by atoms with E-state index in [1.54, 1.807) is 35.5 Å². The fourth-order valence-corrected chi connectivity index (χ4v) is 5.57. The lowest BCUT2D eigenvalue weighted by molar-refractivity contribution is 0.185. The van der Waals surface area contributed by atoms with Crippen molar-refractivity contribution in [3.05, 3.63) is 175 Å². The third-order valence-electron chi connectivity index (χ3n) is 8.60. The molecule has 0 atom stereocenters. The van der Waals surface area contributed by atoms with Crippen molar-refractivity contribution in [3.63, 3.8) is 0 Å². The summed E-state index contributed by atoms with van der Waals surface area (Å²) in [7, 11) is 8.58. The Hall–Kier alpha value is -4.10. The molecule has 5 aromatic carbocycles. The van der Waals surface area contributed by atoms with Crippen LogP contribution < -0.4 is 0 Å². The highest BCUT2D eigenvalue weighted by Gasteiger charge is 2.00. The largest absolute Gasteiger partial charge is 0.380 e. The van der Waals surface area contributed by atoms with Crippen LogP contribution in [-0.4, -0.2) is 35.5 Å². The van der Waals surface area contributed by atoms with E-state index in [1.165, 1.54) is 77.9 Å². The fraction of sp³-hybridized carbons (Fsp3) is 0.388. The van der Waals surface area contributed by atoms with Gasteiger partial charge in [-0.05, 0) is 118 Å². The molecule has 0 aliphatic rings. The molecule has 0 fully saturated rings. The highest BCUT2D eigenvalue weighted by molar-refractivity contribution is 5.36. The molecule has 5 rings (SSSR count). The Balaban J connectivity index is 0.000000338. The van der Waals surface area contributed by atoms with Crippen LogP contribution in [-0.2, 0) is 56.7 Å². The van der Waals surface area contributed by atoms with Gasteiger partial charge in [0.1, 0.15) is 0 Å². The van der Waals surface area contributed by atoms with E-state index < -0.39 is 0 Å². The molecule has 0 amide bonds. The van der Waals surface area contributed by atoms with E-state index in [4.69, 9.17) is 23.7 Å². The van der Waals surface area contributed by atoms with Gasteiger partial charge >= 0.3 is 0 Å². The maximum atomic E-state index is 5.08. The summed E-state index contributed by atoms with van der Waals surface area (Å²) in [6.45, 7) is 22.6. The van der Waals surface area contributed by atoms with Gasteiger partial charge in [0.25, 0.3) is 0 Å². The zero-order valence-corrected chi connectivity index (χ0v) is 35.8. The summed E-state index contributed by atoms with van der Waals surface area (Å²) in [5, 5.41) is 0. The van der Waals surface area contributed by atoms with Crippen LogP contribution in [0.15, 0.2) is 97.1 Å². The zero-order valence-electron chi connectivity index (χ0n) is 35.8. The molecule has 0 heterocycles. The maximum absolute atomic E-state index is 5.08. The van der Waals surface area contributed by atoms with E-state index in [0.29, 0.717) is 33.0 Å². The van der Waals surface area contributed by atoms with E-state index in [-0.39, 0.29) is 0 Å². The summed E-state index contributed by atoms with van der Waals surface area (Å²) in [6, 6.07) is 33.9. The van der Waals surface area contributed by atoms with Gasteiger partial charge in [0.2, 0.25) is 0 Å². The van der Waals surface area contributed by atoms with E-state index >= 15 is 0 Å². The van der Waals surface area contributed by atoms with Gasteiger partial charge in [-0.25, -0.2) is 0 Å². The maximum Gasteiger partial charge on any atom is 0.0713 e. The van der Waals surface area contributed by atoms with E-state index in [0.717, 1.165) is 0 Å². The average Bonchev–Trinajstić information content (AvgIpc) is 3.11. The molecule has 5 aromatic rings. The fourth-order valence-electron chi connectivity index (χ4n) is 5.57. The Morgan fingerprint density at radius 3 is 1.15 bits per heavy atom. The lowest BCUT2D eigenvalue weighted by Crippen LogP contribution is -1.93. The number of benzene rings is 5. The van der Waals surface area contributed by atoms with Crippen molar-refractivity contribution in [2.24, 2.45) is 0 Å². The summed E-state index contributed by atoms with van der Waals surface area (Å²) in [6.07, 6.45) is 0. The second-order valence-electron chi connectivity index (χ2n) is 13.9. The van der Waals surface area contributed by atoms with Crippen molar-refractivity contribution >= 4 is 0 Å². The molecule has 0 aliphatic heterocycles. The predicted molar refractivity (Wildman–Crippen MR) is 228 cm³/mol. The molecule has 0 unspecified atom stereocenters. The Labute approximate surface area is 328 Å².